The molecule has 5 rings (SSSR count). The van der Waals surface area contributed by atoms with Crippen molar-refractivity contribution in [1.82, 2.24) is 19.9 Å². The van der Waals surface area contributed by atoms with Crippen molar-refractivity contribution < 1.29 is 18.0 Å². The molecule has 1 amide bonds. The number of alkyl halides is 3. The van der Waals surface area contributed by atoms with Gasteiger partial charge in [-0.3, -0.25) is 9.78 Å². The Labute approximate surface area is 184 Å². The minimum atomic E-state index is -3.42. The third-order valence-corrected chi connectivity index (χ3v) is 8.41. The third kappa shape index (κ3) is 3.48. The molecule has 1 N–H and O–H groups in total. The predicted octanol–water partition coefficient (Wildman–Crippen LogP) is 3.64. The number of aromatic nitrogens is 3. The van der Waals surface area contributed by atoms with Crippen LogP contribution in [0.4, 0.5) is 19.0 Å². The van der Waals surface area contributed by atoms with Crippen molar-refractivity contribution >= 4 is 36.5 Å². The van der Waals surface area contributed by atoms with Gasteiger partial charge >= 0.3 is 5.92 Å². The van der Waals surface area contributed by atoms with Gasteiger partial charge in [-0.05, 0) is 30.9 Å². The highest BCUT2D eigenvalue weighted by Crippen LogP contribution is 2.56. The number of rotatable bonds is 5. The Bertz CT molecular complexity index is 1200. The molecule has 3 heterocycles. The number of fused-ring (bicyclic) bond motifs is 2. The van der Waals surface area contributed by atoms with E-state index in [0.717, 1.165) is 42.6 Å². The van der Waals surface area contributed by atoms with Gasteiger partial charge in [0, 0.05) is 36.1 Å². The Kier molecular flexibility index (Phi) is 5.24. The maximum absolute atomic E-state index is 14.1. The van der Waals surface area contributed by atoms with E-state index in [2.05, 4.69) is 20.3 Å². The first-order chi connectivity index (χ1) is 15.4. The molecular weight excluding hydrogens is 438 g/mol. The number of amides is 1. The fourth-order valence-corrected chi connectivity index (χ4v) is 6.49. The van der Waals surface area contributed by atoms with Gasteiger partial charge in [0.15, 0.2) is 6.17 Å². The van der Waals surface area contributed by atoms with E-state index in [-0.39, 0.29) is 17.7 Å². The minimum absolute atomic E-state index is 0.0628. The van der Waals surface area contributed by atoms with Crippen LogP contribution >= 0.6 is 7.92 Å². The number of carbonyl (C=O) groups is 1. The summed E-state index contributed by atoms with van der Waals surface area (Å²) in [6.07, 6.45) is 2.12. The lowest BCUT2D eigenvalue weighted by Crippen LogP contribution is -2.35. The molecule has 0 saturated carbocycles. The monoisotopic (exact) mass is 459 g/mol. The van der Waals surface area contributed by atoms with E-state index >= 15 is 0 Å². The number of pyridine rings is 1. The normalized spacial score (nSPS) is 20.0. The van der Waals surface area contributed by atoms with Gasteiger partial charge < -0.3 is 10.2 Å². The van der Waals surface area contributed by atoms with Gasteiger partial charge in [-0.25, -0.2) is 14.4 Å². The summed E-state index contributed by atoms with van der Waals surface area (Å²) < 4.78 is 41.6. The van der Waals surface area contributed by atoms with Crippen LogP contribution in [0, 0.1) is 6.92 Å². The summed E-state index contributed by atoms with van der Waals surface area (Å²) in [7, 11) is -0.491. The lowest BCUT2D eigenvalue weighted by molar-refractivity contribution is -0.117. The molecule has 2 aliphatic rings. The molecule has 0 spiro atoms. The molecular formula is C22H21F3N5OP. The van der Waals surface area contributed by atoms with Gasteiger partial charge in [-0.15, -0.1) is 0 Å². The van der Waals surface area contributed by atoms with Gasteiger partial charge in [0.1, 0.15) is 11.6 Å². The largest absolute Gasteiger partial charge is 0.365 e. The van der Waals surface area contributed by atoms with Crippen LogP contribution in [0.3, 0.4) is 0 Å². The molecule has 1 atom stereocenters. The van der Waals surface area contributed by atoms with Crippen LogP contribution < -0.4 is 10.8 Å². The lowest BCUT2D eigenvalue weighted by Gasteiger charge is -2.35. The maximum atomic E-state index is 14.1. The van der Waals surface area contributed by atoms with Crippen LogP contribution in [0.5, 0.6) is 0 Å². The van der Waals surface area contributed by atoms with Gasteiger partial charge in [-0.2, -0.15) is 8.78 Å². The summed E-state index contributed by atoms with van der Waals surface area (Å²) in [6, 6.07) is 6.43. The van der Waals surface area contributed by atoms with Gasteiger partial charge in [0.2, 0.25) is 6.41 Å². The summed E-state index contributed by atoms with van der Waals surface area (Å²) in [4.78, 5) is 26.3. The SMILES string of the molecule is Cc1nc(NCc2cccc3c2C(F)C3(F)F)c2cc(P3CCN(C=O)CC3)ncc2n1. The van der Waals surface area contributed by atoms with Crippen molar-refractivity contribution in [2.75, 3.05) is 30.7 Å². The number of carbonyl (C=O) groups excluding carboxylic acids is 1. The molecule has 1 saturated heterocycles. The molecule has 6 nitrogen and oxygen atoms in total. The lowest BCUT2D eigenvalue weighted by atomic mass is 9.79. The molecule has 2 aromatic heterocycles. The van der Waals surface area contributed by atoms with Crippen molar-refractivity contribution in [1.29, 1.82) is 0 Å². The first-order valence-electron chi connectivity index (χ1n) is 10.3. The van der Waals surface area contributed by atoms with E-state index in [4.69, 9.17) is 0 Å². The van der Waals surface area contributed by atoms with E-state index < -0.39 is 20.0 Å². The second-order valence-electron chi connectivity index (χ2n) is 8.02. The molecule has 10 heteroatoms. The van der Waals surface area contributed by atoms with Crippen LogP contribution in [0.2, 0.25) is 0 Å². The molecule has 1 fully saturated rings. The number of aryl methyl sites for hydroxylation is 1. The van der Waals surface area contributed by atoms with E-state index in [1.807, 2.05) is 6.07 Å². The zero-order chi connectivity index (χ0) is 22.5. The van der Waals surface area contributed by atoms with Crippen LogP contribution in [-0.4, -0.2) is 51.7 Å². The molecule has 1 unspecified atom stereocenters. The zero-order valence-corrected chi connectivity index (χ0v) is 18.2. The average Bonchev–Trinajstić information content (AvgIpc) is 2.81. The fraction of sp³-hybridized carbons (Fsp3) is 0.364. The van der Waals surface area contributed by atoms with Crippen molar-refractivity contribution in [3.63, 3.8) is 0 Å². The number of halogens is 3. The molecule has 0 radical (unpaired) electrons. The summed E-state index contributed by atoms with van der Waals surface area (Å²) in [5.74, 6) is -2.31. The Hall–Kier alpha value is -2.80. The quantitative estimate of drug-likeness (QED) is 0.466. The van der Waals surface area contributed by atoms with Crippen molar-refractivity contribution in [2.45, 2.75) is 25.6 Å². The average molecular weight is 459 g/mol. The first kappa shape index (κ1) is 21.1. The van der Waals surface area contributed by atoms with Gasteiger partial charge in [0.05, 0.1) is 17.1 Å². The number of hydrogen-bond acceptors (Lipinski definition) is 5. The molecule has 3 aromatic rings. The Morgan fingerprint density at radius 2 is 2.06 bits per heavy atom. The third-order valence-electron chi connectivity index (χ3n) is 6.04. The maximum Gasteiger partial charge on any atom is 0.308 e. The second kappa shape index (κ2) is 7.96. The Morgan fingerprint density at radius 3 is 2.81 bits per heavy atom. The molecule has 1 aliphatic heterocycles. The predicted molar refractivity (Wildman–Crippen MR) is 118 cm³/mol. The number of benzene rings is 1. The van der Waals surface area contributed by atoms with Crippen LogP contribution in [0.15, 0.2) is 30.5 Å². The van der Waals surface area contributed by atoms with Crippen molar-refractivity contribution in [3.05, 3.63) is 53.0 Å². The number of nitrogens with zero attached hydrogens (tertiary/aromatic N) is 4. The fourth-order valence-electron chi connectivity index (χ4n) is 4.28. The van der Waals surface area contributed by atoms with Crippen molar-refractivity contribution in [3.8, 4) is 0 Å². The highest BCUT2D eigenvalue weighted by molar-refractivity contribution is 7.65. The molecule has 166 valence electrons. The van der Waals surface area contributed by atoms with Crippen LogP contribution in [-0.2, 0) is 17.3 Å². The summed E-state index contributed by atoms with van der Waals surface area (Å²) in [5, 5.41) is 3.99. The van der Waals surface area contributed by atoms with E-state index in [1.165, 1.54) is 12.1 Å². The Balaban J connectivity index is 1.43. The number of nitrogens with one attached hydrogen (secondary N) is 1. The standard InChI is InChI=1S/C22H21F3N5OP/c1-13-28-17-11-26-18(32-7-5-30(12-31)6-8-32)9-15(17)21(29-13)27-10-14-3-2-4-16-19(14)20(23)22(16,24)25/h2-4,9,11-12,20H,5-8,10H2,1H3,(H,27,28,29). The summed E-state index contributed by atoms with van der Waals surface area (Å²) >= 11 is 0. The first-order valence-corrected chi connectivity index (χ1v) is 12.1. The van der Waals surface area contributed by atoms with Gasteiger partial charge in [-0.1, -0.05) is 26.1 Å². The highest BCUT2D eigenvalue weighted by Gasteiger charge is 2.55. The molecule has 0 bridgehead atoms. The number of hydrogen-bond donors (Lipinski definition) is 1. The van der Waals surface area contributed by atoms with Crippen molar-refractivity contribution in [2.24, 2.45) is 0 Å². The molecule has 1 aromatic carbocycles. The second-order valence-corrected chi connectivity index (χ2v) is 10.5. The Morgan fingerprint density at radius 1 is 1.28 bits per heavy atom. The topological polar surface area (TPSA) is 71.0 Å². The van der Waals surface area contributed by atoms with Gasteiger partial charge in [0.25, 0.3) is 0 Å². The molecule has 1 aliphatic carbocycles. The van der Waals surface area contributed by atoms with Crippen LogP contribution in [0.1, 0.15) is 28.7 Å². The zero-order valence-electron chi connectivity index (χ0n) is 17.4. The van der Waals surface area contributed by atoms with E-state index in [9.17, 15) is 18.0 Å². The van der Waals surface area contributed by atoms with E-state index in [0.29, 0.717) is 22.7 Å². The summed E-state index contributed by atoms with van der Waals surface area (Å²) in [5.41, 5.74) is 1.96. The highest BCUT2D eigenvalue weighted by atomic mass is 31.1. The minimum Gasteiger partial charge on any atom is -0.365 e. The van der Waals surface area contributed by atoms with Crippen LogP contribution in [0.25, 0.3) is 10.9 Å². The number of anilines is 1. The summed E-state index contributed by atoms with van der Waals surface area (Å²) in [6.45, 7) is 3.38. The smallest absolute Gasteiger partial charge is 0.308 e. The molecule has 32 heavy (non-hydrogen) atoms. The van der Waals surface area contributed by atoms with E-state index in [1.54, 1.807) is 24.1 Å².